The summed E-state index contributed by atoms with van der Waals surface area (Å²) in [7, 11) is 0. The molecule has 0 amide bonds. The number of fused-ring (bicyclic) bond motifs is 1. The number of aryl methyl sites for hydroxylation is 2. The summed E-state index contributed by atoms with van der Waals surface area (Å²) in [5.74, 6) is 1.71. The maximum Gasteiger partial charge on any atom is 0.328 e. The highest BCUT2D eigenvalue weighted by molar-refractivity contribution is 5.81. The third-order valence-corrected chi connectivity index (χ3v) is 5.27. The number of H-pyrrole nitrogens is 1. The van der Waals surface area contributed by atoms with Crippen molar-refractivity contribution in [2.75, 3.05) is 5.73 Å². The summed E-state index contributed by atoms with van der Waals surface area (Å²) in [5.41, 5.74) is 8.76. The predicted octanol–water partition coefficient (Wildman–Crippen LogP) is 2.58. The highest BCUT2D eigenvalue weighted by Gasteiger charge is 2.15. The van der Waals surface area contributed by atoms with Gasteiger partial charge in [0.15, 0.2) is 11.5 Å². The Labute approximate surface area is 151 Å². The van der Waals surface area contributed by atoms with E-state index < -0.39 is 0 Å². The van der Waals surface area contributed by atoms with Crippen LogP contribution in [0.2, 0.25) is 0 Å². The van der Waals surface area contributed by atoms with Gasteiger partial charge in [-0.2, -0.15) is 0 Å². The molecule has 0 unspecified atom stereocenters. The van der Waals surface area contributed by atoms with E-state index in [2.05, 4.69) is 26.0 Å². The van der Waals surface area contributed by atoms with Crippen molar-refractivity contribution in [3.63, 3.8) is 0 Å². The van der Waals surface area contributed by atoms with Gasteiger partial charge < -0.3 is 10.7 Å². The summed E-state index contributed by atoms with van der Waals surface area (Å²) in [6.07, 6.45) is 9.60. The number of nitrogen functional groups attached to an aromatic ring is 1. The maximum absolute atomic E-state index is 12.3. The van der Waals surface area contributed by atoms with Crippen LogP contribution in [0.5, 0.6) is 0 Å². The van der Waals surface area contributed by atoms with Crippen molar-refractivity contribution in [1.29, 1.82) is 0 Å². The van der Waals surface area contributed by atoms with Crippen molar-refractivity contribution in [3.8, 4) is 0 Å². The van der Waals surface area contributed by atoms with E-state index in [1.54, 1.807) is 11.5 Å². The summed E-state index contributed by atoms with van der Waals surface area (Å²) in [5, 5.41) is 0. The molecule has 0 aliphatic heterocycles. The van der Waals surface area contributed by atoms with E-state index in [0.717, 1.165) is 23.6 Å². The molecule has 136 valence electrons. The van der Waals surface area contributed by atoms with Gasteiger partial charge in [0.25, 0.3) is 0 Å². The lowest BCUT2D eigenvalue weighted by Crippen LogP contribution is -2.18. The molecule has 0 bridgehead atoms. The smallest absolute Gasteiger partial charge is 0.328 e. The minimum absolute atomic E-state index is 0.239. The molecule has 3 aromatic heterocycles. The number of rotatable bonds is 5. The van der Waals surface area contributed by atoms with Gasteiger partial charge in [0.2, 0.25) is 0 Å². The largest absolute Gasteiger partial charge is 0.382 e. The van der Waals surface area contributed by atoms with E-state index in [-0.39, 0.29) is 5.69 Å². The summed E-state index contributed by atoms with van der Waals surface area (Å²) < 4.78 is 1.58. The van der Waals surface area contributed by atoms with E-state index in [1.807, 2.05) is 12.3 Å². The van der Waals surface area contributed by atoms with Crippen molar-refractivity contribution in [1.82, 2.24) is 24.5 Å². The number of nitrogens with two attached hydrogens (primary N) is 1. The van der Waals surface area contributed by atoms with Gasteiger partial charge in [0, 0.05) is 11.9 Å². The average Bonchev–Trinajstić information content (AvgIpc) is 3.24. The van der Waals surface area contributed by atoms with Gasteiger partial charge in [0.1, 0.15) is 11.3 Å². The van der Waals surface area contributed by atoms with Gasteiger partial charge in [-0.25, -0.2) is 14.8 Å². The molecule has 7 nitrogen and oxygen atoms in total. The fourth-order valence-corrected chi connectivity index (χ4v) is 3.84. The summed E-state index contributed by atoms with van der Waals surface area (Å²) >= 11 is 0. The molecule has 1 aliphatic rings. The first kappa shape index (κ1) is 16.8. The third kappa shape index (κ3) is 3.34. The van der Waals surface area contributed by atoms with Gasteiger partial charge in [-0.15, -0.1) is 0 Å². The van der Waals surface area contributed by atoms with Crippen LogP contribution >= 0.6 is 0 Å². The summed E-state index contributed by atoms with van der Waals surface area (Å²) in [6.45, 7) is 2.17. The lowest BCUT2D eigenvalue weighted by molar-refractivity contribution is 0.500. The molecule has 0 atom stereocenters. The number of pyridine rings is 1. The Hall–Kier alpha value is -2.70. The minimum Gasteiger partial charge on any atom is -0.382 e. The van der Waals surface area contributed by atoms with Crippen LogP contribution in [-0.4, -0.2) is 24.5 Å². The first-order valence-electron chi connectivity index (χ1n) is 9.26. The van der Waals surface area contributed by atoms with Crippen molar-refractivity contribution in [2.45, 2.75) is 52.0 Å². The fourth-order valence-electron chi connectivity index (χ4n) is 3.84. The Balaban J connectivity index is 1.51. The van der Waals surface area contributed by atoms with Crippen molar-refractivity contribution in [3.05, 3.63) is 45.9 Å². The first-order valence-corrected chi connectivity index (χ1v) is 9.26. The molecule has 3 aromatic rings. The van der Waals surface area contributed by atoms with Crippen LogP contribution in [0.15, 0.2) is 23.1 Å². The Bertz CT molecular complexity index is 966. The minimum atomic E-state index is -0.239. The highest BCUT2D eigenvalue weighted by atomic mass is 16.1. The second-order valence-electron chi connectivity index (χ2n) is 7.22. The second kappa shape index (κ2) is 6.90. The van der Waals surface area contributed by atoms with Crippen LogP contribution in [0.1, 0.15) is 49.2 Å². The zero-order valence-electron chi connectivity index (χ0n) is 15.0. The van der Waals surface area contributed by atoms with Crippen molar-refractivity contribution >= 4 is 17.0 Å². The van der Waals surface area contributed by atoms with E-state index in [0.29, 0.717) is 29.4 Å². The lowest BCUT2D eigenvalue weighted by Gasteiger charge is -2.09. The maximum atomic E-state index is 12.3. The van der Waals surface area contributed by atoms with Crippen molar-refractivity contribution < 1.29 is 0 Å². The standard InChI is InChI=1S/C19H24N6O/c1-12-22-17(20)16-18(23-12)25(19(26)24-16)11-14-7-9-15(21-10-14)8-6-13-4-2-3-5-13/h7,9-10,13H,2-6,8,11H2,1H3,(H,24,26)(H2,20,22,23). The zero-order chi connectivity index (χ0) is 18.1. The number of nitrogens with one attached hydrogen (secondary N) is 1. The molecular formula is C19H24N6O. The topological polar surface area (TPSA) is 102 Å². The summed E-state index contributed by atoms with van der Waals surface area (Å²) in [6, 6.07) is 4.11. The van der Waals surface area contributed by atoms with Crippen LogP contribution in [0, 0.1) is 12.8 Å². The zero-order valence-corrected chi connectivity index (χ0v) is 15.0. The molecule has 1 saturated carbocycles. The Morgan fingerprint density at radius 3 is 2.81 bits per heavy atom. The van der Waals surface area contributed by atoms with E-state index in [4.69, 9.17) is 5.73 Å². The average molecular weight is 352 g/mol. The number of imidazole rings is 1. The molecule has 0 saturated heterocycles. The van der Waals surface area contributed by atoms with Crippen molar-refractivity contribution in [2.24, 2.45) is 5.92 Å². The van der Waals surface area contributed by atoms with Crippen LogP contribution in [0.25, 0.3) is 11.2 Å². The third-order valence-electron chi connectivity index (χ3n) is 5.27. The molecule has 26 heavy (non-hydrogen) atoms. The first-order chi connectivity index (χ1) is 12.6. The normalized spacial score (nSPS) is 15.1. The molecule has 1 aliphatic carbocycles. The number of aromatic nitrogens is 5. The SMILES string of the molecule is Cc1nc(N)c2[nH]c(=O)n(Cc3ccc(CCC4CCCC4)nc3)c2n1. The molecule has 3 heterocycles. The number of nitrogens with zero attached hydrogens (tertiary/aromatic N) is 4. The number of hydrogen-bond donors (Lipinski definition) is 2. The molecule has 0 radical (unpaired) electrons. The van der Waals surface area contributed by atoms with E-state index in [1.165, 1.54) is 32.1 Å². The molecule has 3 N–H and O–H groups in total. The van der Waals surface area contributed by atoms with Crippen LogP contribution in [-0.2, 0) is 13.0 Å². The fraction of sp³-hybridized carbons (Fsp3) is 0.474. The molecule has 7 heteroatoms. The molecule has 1 fully saturated rings. The monoisotopic (exact) mass is 352 g/mol. The predicted molar refractivity (Wildman–Crippen MR) is 101 cm³/mol. The van der Waals surface area contributed by atoms with Gasteiger partial charge in [-0.3, -0.25) is 9.55 Å². The Kier molecular flexibility index (Phi) is 4.44. The number of anilines is 1. The van der Waals surface area contributed by atoms with Crippen LogP contribution in [0.4, 0.5) is 5.82 Å². The van der Waals surface area contributed by atoms with E-state index >= 15 is 0 Å². The molecule has 0 aromatic carbocycles. The lowest BCUT2D eigenvalue weighted by atomic mass is 10.0. The van der Waals surface area contributed by atoms with Gasteiger partial charge in [-0.1, -0.05) is 31.7 Å². The second-order valence-corrected chi connectivity index (χ2v) is 7.22. The molecule has 0 spiro atoms. The molecule has 4 rings (SSSR count). The number of aromatic amines is 1. The van der Waals surface area contributed by atoms with E-state index in [9.17, 15) is 4.79 Å². The number of hydrogen-bond acceptors (Lipinski definition) is 5. The highest BCUT2D eigenvalue weighted by Crippen LogP contribution is 2.28. The van der Waals surface area contributed by atoms with Gasteiger partial charge in [-0.05, 0) is 37.3 Å². The summed E-state index contributed by atoms with van der Waals surface area (Å²) in [4.78, 5) is 28.1. The van der Waals surface area contributed by atoms with Crippen LogP contribution in [0.3, 0.4) is 0 Å². The Morgan fingerprint density at radius 2 is 2.08 bits per heavy atom. The van der Waals surface area contributed by atoms with Crippen LogP contribution < -0.4 is 11.4 Å². The molecular weight excluding hydrogens is 328 g/mol. The quantitative estimate of drug-likeness (QED) is 0.735. The van der Waals surface area contributed by atoms with Gasteiger partial charge in [0.05, 0.1) is 6.54 Å². The Morgan fingerprint density at radius 1 is 1.27 bits per heavy atom. The van der Waals surface area contributed by atoms with Gasteiger partial charge >= 0.3 is 5.69 Å².